The first-order valence-electron chi connectivity index (χ1n) is 10.1. The van der Waals surface area contributed by atoms with Crippen LogP contribution in [0.3, 0.4) is 0 Å². The van der Waals surface area contributed by atoms with E-state index in [0.717, 1.165) is 11.1 Å². The number of carbonyl (C=O) groups excluding carboxylic acids is 2. The Labute approximate surface area is 183 Å². The highest BCUT2D eigenvalue weighted by molar-refractivity contribution is 5.94. The molecule has 5 nitrogen and oxygen atoms in total. The number of rotatable bonds is 9. The highest BCUT2D eigenvalue weighted by atomic mass is 16.5. The summed E-state index contributed by atoms with van der Waals surface area (Å²) in [5, 5.41) is 2.79. The molecular weight excluding hydrogens is 388 g/mol. The lowest BCUT2D eigenvalue weighted by Crippen LogP contribution is -2.44. The van der Waals surface area contributed by atoms with Gasteiger partial charge in [0.05, 0.1) is 6.04 Å². The largest absolute Gasteiger partial charge is 0.445 e. The van der Waals surface area contributed by atoms with Gasteiger partial charge in [-0.05, 0) is 23.3 Å². The van der Waals surface area contributed by atoms with Gasteiger partial charge in [0.25, 0.3) is 5.91 Å². The van der Waals surface area contributed by atoms with E-state index in [1.807, 2.05) is 78.9 Å². The first-order valence-corrected chi connectivity index (χ1v) is 10.1. The van der Waals surface area contributed by atoms with Crippen LogP contribution in [0.5, 0.6) is 0 Å². The van der Waals surface area contributed by atoms with E-state index in [2.05, 4.69) is 11.9 Å². The average molecular weight is 415 g/mol. The number of alkyl carbamates (subject to hydrolysis) is 1. The number of nitrogens with one attached hydrogen (secondary N) is 1. The number of amides is 2. The molecule has 0 aliphatic rings. The van der Waals surface area contributed by atoms with Gasteiger partial charge in [0, 0.05) is 18.7 Å². The number of nitrogens with zero attached hydrogens (tertiary/aromatic N) is 1. The molecule has 0 aliphatic heterocycles. The number of benzene rings is 3. The van der Waals surface area contributed by atoms with Crippen LogP contribution < -0.4 is 5.32 Å². The van der Waals surface area contributed by atoms with Crippen molar-refractivity contribution < 1.29 is 14.3 Å². The Hall–Kier alpha value is -3.86. The normalized spacial score (nSPS) is 11.2. The maximum absolute atomic E-state index is 13.1. The van der Waals surface area contributed by atoms with Gasteiger partial charge < -0.3 is 15.0 Å². The van der Waals surface area contributed by atoms with Crippen molar-refractivity contribution in [2.45, 2.75) is 19.2 Å². The van der Waals surface area contributed by atoms with Crippen molar-refractivity contribution in [2.75, 3.05) is 6.54 Å². The van der Waals surface area contributed by atoms with Crippen molar-refractivity contribution in [1.29, 1.82) is 0 Å². The number of hydrogen-bond donors (Lipinski definition) is 1. The van der Waals surface area contributed by atoms with Crippen molar-refractivity contribution in [3.63, 3.8) is 0 Å². The highest BCUT2D eigenvalue weighted by Crippen LogP contribution is 2.12. The Bertz CT molecular complexity index is 975. The second kappa shape index (κ2) is 11.4. The van der Waals surface area contributed by atoms with Crippen molar-refractivity contribution in [3.8, 4) is 0 Å². The van der Waals surface area contributed by atoms with E-state index >= 15 is 0 Å². The molecule has 0 aromatic heterocycles. The van der Waals surface area contributed by atoms with Crippen LogP contribution in [0.1, 0.15) is 21.5 Å². The van der Waals surface area contributed by atoms with Crippen LogP contribution in [-0.4, -0.2) is 29.5 Å². The van der Waals surface area contributed by atoms with Gasteiger partial charge in [-0.2, -0.15) is 0 Å². The summed E-state index contributed by atoms with van der Waals surface area (Å²) in [6, 6.07) is 27.8. The van der Waals surface area contributed by atoms with Crippen LogP contribution in [0, 0.1) is 0 Å². The summed E-state index contributed by atoms with van der Waals surface area (Å²) >= 11 is 0. The molecule has 0 fully saturated rings. The molecule has 3 aromatic rings. The van der Waals surface area contributed by atoms with Crippen molar-refractivity contribution in [3.05, 3.63) is 120 Å². The van der Waals surface area contributed by atoms with E-state index in [1.54, 1.807) is 23.1 Å². The lowest BCUT2D eigenvalue weighted by atomic mass is 10.1. The zero-order valence-electron chi connectivity index (χ0n) is 17.3. The number of ether oxygens (including phenoxy) is 1. The molecule has 0 saturated heterocycles. The third-order valence-electron chi connectivity index (χ3n) is 4.74. The van der Waals surface area contributed by atoms with Gasteiger partial charge >= 0.3 is 6.09 Å². The minimum atomic E-state index is -0.555. The fourth-order valence-electron chi connectivity index (χ4n) is 3.12. The zero-order chi connectivity index (χ0) is 21.9. The summed E-state index contributed by atoms with van der Waals surface area (Å²) < 4.78 is 5.30. The fraction of sp³-hybridized carbons (Fsp3) is 0.154. The molecule has 0 bridgehead atoms. The molecule has 3 aromatic carbocycles. The predicted molar refractivity (Wildman–Crippen MR) is 121 cm³/mol. The second-order valence-corrected chi connectivity index (χ2v) is 7.09. The summed E-state index contributed by atoms with van der Waals surface area (Å²) in [7, 11) is 0. The molecule has 3 rings (SSSR count). The standard InChI is InChI=1S/C26H26N2O3/c1-2-24(27-26(30)31-20-22-14-8-4-9-15-22)19-28(18-21-12-6-3-7-13-21)25(29)23-16-10-5-11-17-23/h2-17,24H,1,18-20H2,(H,27,30)/t24-/m1/s1. The Balaban J connectivity index is 1.66. The van der Waals surface area contributed by atoms with E-state index < -0.39 is 12.1 Å². The Morgan fingerprint density at radius 1 is 0.871 bits per heavy atom. The van der Waals surface area contributed by atoms with Gasteiger partial charge in [-0.15, -0.1) is 6.58 Å². The molecule has 31 heavy (non-hydrogen) atoms. The third-order valence-corrected chi connectivity index (χ3v) is 4.74. The fourth-order valence-corrected chi connectivity index (χ4v) is 3.12. The van der Waals surface area contributed by atoms with Crippen LogP contribution in [0.2, 0.25) is 0 Å². The summed E-state index contributed by atoms with van der Waals surface area (Å²) in [6.07, 6.45) is 1.06. The van der Waals surface area contributed by atoms with Crippen LogP contribution in [0.15, 0.2) is 104 Å². The van der Waals surface area contributed by atoms with Crippen LogP contribution in [0.4, 0.5) is 4.79 Å². The van der Waals surface area contributed by atoms with Gasteiger partial charge in [-0.25, -0.2) is 4.79 Å². The molecule has 0 spiro atoms. The number of carbonyl (C=O) groups is 2. The summed E-state index contributed by atoms with van der Waals surface area (Å²) in [6.45, 7) is 4.68. The van der Waals surface area contributed by atoms with E-state index in [0.29, 0.717) is 12.1 Å². The quantitative estimate of drug-likeness (QED) is 0.511. The van der Waals surface area contributed by atoms with Crippen LogP contribution in [0.25, 0.3) is 0 Å². The smallest absolute Gasteiger partial charge is 0.407 e. The zero-order valence-corrected chi connectivity index (χ0v) is 17.3. The summed E-state index contributed by atoms with van der Waals surface area (Å²) in [5.41, 5.74) is 2.49. The van der Waals surface area contributed by atoms with Crippen LogP contribution >= 0.6 is 0 Å². The topological polar surface area (TPSA) is 58.6 Å². The maximum atomic E-state index is 13.1. The minimum absolute atomic E-state index is 0.115. The molecule has 0 radical (unpaired) electrons. The van der Waals surface area contributed by atoms with Crippen molar-refractivity contribution in [1.82, 2.24) is 10.2 Å². The van der Waals surface area contributed by atoms with Gasteiger partial charge in [-0.1, -0.05) is 84.9 Å². The Morgan fingerprint density at radius 2 is 1.42 bits per heavy atom. The predicted octanol–water partition coefficient (Wildman–Crippen LogP) is 4.81. The highest BCUT2D eigenvalue weighted by Gasteiger charge is 2.21. The molecule has 0 heterocycles. The van der Waals surface area contributed by atoms with Crippen LogP contribution in [-0.2, 0) is 17.9 Å². The van der Waals surface area contributed by atoms with E-state index in [4.69, 9.17) is 4.74 Å². The van der Waals surface area contributed by atoms with Crippen molar-refractivity contribution >= 4 is 12.0 Å². The second-order valence-electron chi connectivity index (χ2n) is 7.09. The molecule has 0 unspecified atom stereocenters. The average Bonchev–Trinajstić information content (AvgIpc) is 2.83. The lowest BCUT2D eigenvalue weighted by Gasteiger charge is -2.27. The Kier molecular flexibility index (Phi) is 8.00. The molecular formula is C26H26N2O3. The molecule has 5 heteroatoms. The summed E-state index contributed by atoms with van der Waals surface area (Å²) in [4.78, 5) is 27.1. The first kappa shape index (κ1) is 21.8. The molecule has 1 N–H and O–H groups in total. The van der Waals surface area contributed by atoms with E-state index in [1.165, 1.54) is 0 Å². The van der Waals surface area contributed by atoms with E-state index in [9.17, 15) is 9.59 Å². The molecule has 0 saturated carbocycles. The monoisotopic (exact) mass is 414 g/mol. The summed E-state index contributed by atoms with van der Waals surface area (Å²) in [5.74, 6) is -0.115. The van der Waals surface area contributed by atoms with E-state index in [-0.39, 0.29) is 19.1 Å². The van der Waals surface area contributed by atoms with Gasteiger partial charge in [0.15, 0.2) is 0 Å². The molecule has 2 amide bonds. The number of hydrogen-bond acceptors (Lipinski definition) is 3. The molecule has 158 valence electrons. The minimum Gasteiger partial charge on any atom is -0.445 e. The van der Waals surface area contributed by atoms with Crippen molar-refractivity contribution in [2.24, 2.45) is 0 Å². The SMILES string of the molecule is C=C[C@H](CN(Cc1ccccc1)C(=O)c1ccccc1)NC(=O)OCc1ccccc1. The van der Waals surface area contributed by atoms with Gasteiger partial charge in [-0.3, -0.25) is 4.79 Å². The van der Waals surface area contributed by atoms with Gasteiger partial charge in [0.2, 0.25) is 0 Å². The lowest BCUT2D eigenvalue weighted by molar-refractivity contribution is 0.0727. The Morgan fingerprint density at radius 3 is 2.00 bits per heavy atom. The molecule has 1 atom stereocenters. The molecule has 0 aliphatic carbocycles. The first-order chi connectivity index (χ1) is 15.2. The third kappa shape index (κ3) is 6.85. The maximum Gasteiger partial charge on any atom is 0.407 e. The van der Waals surface area contributed by atoms with Gasteiger partial charge in [0.1, 0.15) is 6.61 Å².